The van der Waals surface area contributed by atoms with Crippen LogP contribution >= 0.6 is 0 Å². The Balaban J connectivity index is 1.73. The summed E-state index contributed by atoms with van der Waals surface area (Å²) in [5.74, 6) is -0.601. The number of carbonyl (C=O) groups is 2. The van der Waals surface area contributed by atoms with Crippen molar-refractivity contribution in [1.82, 2.24) is 10.2 Å². The zero-order valence-electron chi connectivity index (χ0n) is 13.4. The second kappa shape index (κ2) is 8.06. The summed E-state index contributed by atoms with van der Waals surface area (Å²) in [6.07, 6.45) is 2.09. The third-order valence-electron chi connectivity index (χ3n) is 4.49. The lowest BCUT2D eigenvalue weighted by molar-refractivity contribution is -0.127. The van der Waals surface area contributed by atoms with Crippen molar-refractivity contribution in [1.29, 1.82) is 0 Å². The molecule has 0 aliphatic carbocycles. The summed E-state index contributed by atoms with van der Waals surface area (Å²) in [6, 6.07) is 6.06. The van der Waals surface area contributed by atoms with Gasteiger partial charge in [0.05, 0.1) is 6.04 Å². The molecule has 6 heteroatoms. The summed E-state index contributed by atoms with van der Waals surface area (Å²) >= 11 is 0. The number of hydrogen-bond donors (Lipinski definition) is 2. The molecule has 2 rings (SSSR count). The maximum Gasteiger partial charge on any atom is 0.237 e. The van der Waals surface area contributed by atoms with Gasteiger partial charge in [-0.3, -0.25) is 14.5 Å². The lowest BCUT2D eigenvalue weighted by Crippen LogP contribution is -2.49. The molecule has 0 spiro atoms. The van der Waals surface area contributed by atoms with E-state index in [-0.39, 0.29) is 29.6 Å². The number of likely N-dealkylation sites (tertiary alicyclic amines) is 1. The molecule has 1 aliphatic heterocycles. The van der Waals surface area contributed by atoms with E-state index in [1.807, 2.05) is 6.92 Å². The number of rotatable bonds is 6. The summed E-state index contributed by atoms with van der Waals surface area (Å²) in [6.45, 7) is 3.81. The van der Waals surface area contributed by atoms with Crippen LogP contribution in [0.2, 0.25) is 0 Å². The van der Waals surface area contributed by atoms with Gasteiger partial charge in [-0.05, 0) is 57.0 Å². The number of carbonyl (C=O) groups excluding carboxylic acids is 2. The SMILES string of the molecule is C[C@H](C(=O)NCCc1ccc(F)cc1)N1CCC(C(N)=O)CC1. The van der Waals surface area contributed by atoms with Gasteiger partial charge in [0.15, 0.2) is 0 Å². The van der Waals surface area contributed by atoms with E-state index in [2.05, 4.69) is 10.2 Å². The van der Waals surface area contributed by atoms with Gasteiger partial charge in [0.25, 0.3) is 0 Å². The molecule has 0 radical (unpaired) electrons. The highest BCUT2D eigenvalue weighted by Gasteiger charge is 2.28. The molecule has 0 aromatic heterocycles. The Labute approximate surface area is 136 Å². The topological polar surface area (TPSA) is 75.4 Å². The molecule has 0 bridgehead atoms. The van der Waals surface area contributed by atoms with Crippen LogP contribution in [0.4, 0.5) is 4.39 Å². The zero-order valence-corrected chi connectivity index (χ0v) is 13.4. The van der Waals surface area contributed by atoms with Gasteiger partial charge in [-0.1, -0.05) is 12.1 Å². The van der Waals surface area contributed by atoms with Crippen LogP contribution in [0.5, 0.6) is 0 Å². The van der Waals surface area contributed by atoms with Crippen molar-refractivity contribution in [3.05, 3.63) is 35.6 Å². The fourth-order valence-electron chi connectivity index (χ4n) is 2.87. The zero-order chi connectivity index (χ0) is 16.8. The minimum absolute atomic E-state index is 0.0235. The highest BCUT2D eigenvalue weighted by molar-refractivity contribution is 5.81. The minimum atomic E-state index is -0.259. The fourth-order valence-corrected chi connectivity index (χ4v) is 2.87. The third-order valence-corrected chi connectivity index (χ3v) is 4.49. The number of hydrogen-bond acceptors (Lipinski definition) is 3. The van der Waals surface area contributed by atoms with Crippen molar-refractivity contribution in [3.63, 3.8) is 0 Å². The van der Waals surface area contributed by atoms with Crippen LogP contribution in [-0.2, 0) is 16.0 Å². The first-order valence-electron chi connectivity index (χ1n) is 8.03. The van der Waals surface area contributed by atoms with E-state index in [0.717, 1.165) is 5.56 Å². The predicted octanol–water partition coefficient (Wildman–Crippen LogP) is 1.07. The first-order valence-corrected chi connectivity index (χ1v) is 8.03. The molecule has 3 N–H and O–H groups in total. The smallest absolute Gasteiger partial charge is 0.237 e. The molecule has 0 saturated carbocycles. The Kier molecular flexibility index (Phi) is 6.10. The number of benzene rings is 1. The number of nitrogens with one attached hydrogen (secondary N) is 1. The summed E-state index contributed by atoms with van der Waals surface area (Å²) in [4.78, 5) is 25.4. The predicted molar refractivity (Wildman–Crippen MR) is 86.1 cm³/mol. The lowest BCUT2D eigenvalue weighted by atomic mass is 9.95. The third kappa shape index (κ3) is 5.03. The quantitative estimate of drug-likeness (QED) is 0.823. The van der Waals surface area contributed by atoms with Gasteiger partial charge in [0.2, 0.25) is 11.8 Å². The van der Waals surface area contributed by atoms with Gasteiger partial charge in [-0.25, -0.2) is 4.39 Å². The van der Waals surface area contributed by atoms with Crippen LogP contribution in [0.25, 0.3) is 0 Å². The Morgan fingerprint density at radius 2 is 1.91 bits per heavy atom. The summed E-state index contributed by atoms with van der Waals surface area (Å²) in [5, 5.41) is 2.91. The molecule has 126 valence electrons. The molecule has 1 fully saturated rings. The van der Waals surface area contributed by atoms with Gasteiger partial charge >= 0.3 is 0 Å². The van der Waals surface area contributed by atoms with E-state index >= 15 is 0 Å². The van der Waals surface area contributed by atoms with Crippen molar-refractivity contribution in [2.45, 2.75) is 32.2 Å². The van der Waals surface area contributed by atoms with E-state index in [1.54, 1.807) is 12.1 Å². The number of nitrogens with two attached hydrogens (primary N) is 1. The van der Waals surface area contributed by atoms with Crippen LogP contribution in [0.3, 0.4) is 0 Å². The molecule has 0 unspecified atom stereocenters. The molecule has 2 amide bonds. The van der Waals surface area contributed by atoms with E-state index in [4.69, 9.17) is 5.73 Å². The average molecular weight is 321 g/mol. The lowest BCUT2D eigenvalue weighted by Gasteiger charge is -2.34. The van der Waals surface area contributed by atoms with Gasteiger partial charge in [0.1, 0.15) is 5.82 Å². The number of piperidine rings is 1. The van der Waals surface area contributed by atoms with E-state index in [1.165, 1.54) is 12.1 Å². The van der Waals surface area contributed by atoms with Crippen molar-refractivity contribution >= 4 is 11.8 Å². The Hall–Kier alpha value is -1.95. The highest BCUT2D eigenvalue weighted by Crippen LogP contribution is 2.18. The van der Waals surface area contributed by atoms with Crippen LogP contribution in [0, 0.1) is 11.7 Å². The molecule has 5 nitrogen and oxygen atoms in total. The van der Waals surface area contributed by atoms with Crippen molar-refractivity contribution in [3.8, 4) is 0 Å². The number of amides is 2. The first-order chi connectivity index (χ1) is 11.0. The maximum absolute atomic E-state index is 12.8. The molecule has 1 saturated heterocycles. The Morgan fingerprint density at radius 1 is 1.30 bits per heavy atom. The number of primary amides is 1. The molecule has 23 heavy (non-hydrogen) atoms. The highest BCUT2D eigenvalue weighted by atomic mass is 19.1. The average Bonchev–Trinajstić information content (AvgIpc) is 2.56. The fraction of sp³-hybridized carbons (Fsp3) is 0.529. The van der Waals surface area contributed by atoms with Gasteiger partial charge in [-0.2, -0.15) is 0 Å². The van der Waals surface area contributed by atoms with E-state index in [0.29, 0.717) is 38.9 Å². The van der Waals surface area contributed by atoms with Crippen LogP contribution in [-0.4, -0.2) is 42.4 Å². The Morgan fingerprint density at radius 3 is 2.48 bits per heavy atom. The van der Waals surface area contributed by atoms with Gasteiger partial charge < -0.3 is 11.1 Å². The normalized spacial score (nSPS) is 17.7. The monoisotopic (exact) mass is 321 g/mol. The second-order valence-corrected chi connectivity index (χ2v) is 6.06. The molecule has 1 aliphatic rings. The van der Waals surface area contributed by atoms with Crippen LogP contribution in [0.15, 0.2) is 24.3 Å². The van der Waals surface area contributed by atoms with E-state index in [9.17, 15) is 14.0 Å². The van der Waals surface area contributed by atoms with Crippen LogP contribution < -0.4 is 11.1 Å². The summed E-state index contributed by atoms with van der Waals surface area (Å²) in [7, 11) is 0. The number of halogens is 1. The summed E-state index contributed by atoms with van der Waals surface area (Å²) in [5.41, 5.74) is 6.31. The van der Waals surface area contributed by atoms with E-state index < -0.39 is 0 Å². The van der Waals surface area contributed by atoms with Gasteiger partial charge in [0, 0.05) is 12.5 Å². The maximum atomic E-state index is 12.8. The first kappa shape index (κ1) is 17.4. The largest absolute Gasteiger partial charge is 0.369 e. The Bertz CT molecular complexity index is 539. The molecular formula is C17H24FN3O2. The number of nitrogens with zero attached hydrogens (tertiary/aromatic N) is 1. The summed E-state index contributed by atoms with van der Waals surface area (Å²) < 4.78 is 12.8. The molecule has 1 heterocycles. The standard InChI is InChI=1S/C17H24FN3O2/c1-12(21-10-7-14(8-11-21)16(19)22)17(23)20-9-6-13-2-4-15(18)5-3-13/h2-5,12,14H,6-11H2,1H3,(H2,19,22)(H,20,23)/t12-/m1/s1. The van der Waals surface area contributed by atoms with Crippen LogP contribution in [0.1, 0.15) is 25.3 Å². The van der Waals surface area contributed by atoms with Crippen molar-refractivity contribution in [2.75, 3.05) is 19.6 Å². The van der Waals surface area contributed by atoms with Gasteiger partial charge in [-0.15, -0.1) is 0 Å². The molecule has 1 aromatic rings. The van der Waals surface area contributed by atoms with Crippen molar-refractivity contribution in [2.24, 2.45) is 11.7 Å². The minimum Gasteiger partial charge on any atom is -0.369 e. The molecule has 1 aromatic carbocycles. The molecular weight excluding hydrogens is 297 g/mol. The second-order valence-electron chi connectivity index (χ2n) is 6.06. The molecule has 1 atom stereocenters. The van der Waals surface area contributed by atoms with Crippen molar-refractivity contribution < 1.29 is 14.0 Å².